The lowest BCUT2D eigenvalue weighted by Crippen LogP contribution is -1.85. The molecule has 0 aromatic rings. The van der Waals surface area contributed by atoms with Crippen LogP contribution >= 0.6 is 15.9 Å². The Morgan fingerprint density at radius 3 is 2.25 bits per heavy atom. The number of aliphatic imine (C=N–C) groups is 1. The van der Waals surface area contributed by atoms with Gasteiger partial charge in [0.25, 0.3) is 0 Å². The molecule has 0 N–H and O–H groups in total. The fraction of sp³-hybridized carbons (Fsp3) is 0.500. The van der Waals surface area contributed by atoms with Crippen molar-refractivity contribution < 1.29 is 0 Å². The lowest BCUT2D eigenvalue weighted by molar-refractivity contribution is 1.43. The van der Waals surface area contributed by atoms with Gasteiger partial charge in [-0.15, -0.1) is 0 Å². The van der Waals surface area contributed by atoms with E-state index in [0.29, 0.717) is 0 Å². The van der Waals surface area contributed by atoms with Gasteiger partial charge in [-0.1, -0.05) is 6.08 Å². The van der Waals surface area contributed by atoms with Crippen molar-refractivity contribution >= 4 is 20.6 Å². The first-order chi connectivity index (χ1) is 3.72. The predicted octanol–water partition coefficient (Wildman–Crippen LogP) is 2.38. The highest BCUT2D eigenvalue weighted by Crippen LogP contribution is 2.01. The molecule has 0 aromatic heterocycles. The molecule has 0 amide bonds. The number of rotatable bonds is 1. The minimum atomic E-state index is 0.931. The summed E-state index contributed by atoms with van der Waals surface area (Å²) in [4.78, 5) is 3.92. The molecule has 0 radical (unpaired) electrons. The monoisotopic (exact) mass is 175 g/mol. The molecule has 0 heterocycles. The third kappa shape index (κ3) is 2.26. The van der Waals surface area contributed by atoms with Crippen LogP contribution in [0.25, 0.3) is 0 Å². The number of allylic oxidation sites excluding steroid dienone is 2. The van der Waals surface area contributed by atoms with Gasteiger partial charge in [-0.2, -0.15) is 0 Å². The van der Waals surface area contributed by atoms with Gasteiger partial charge in [0, 0.05) is 7.05 Å². The average molecular weight is 176 g/mol. The second-order valence-electron chi connectivity index (χ2n) is 1.49. The van der Waals surface area contributed by atoms with Crippen molar-refractivity contribution in [2.45, 2.75) is 13.8 Å². The summed E-state index contributed by atoms with van der Waals surface area (Å²) in [5, 5.41) is 0. The van der Waals surface area contributed by atoms with E-state index in [1.165, 1.54) is 5.57 Å². The highest BCUT2D eigenvalue weighted by Gasteiger charge is 1.89. The first-order valence-electron chi connectivity index (χ1n) is 2.48. The Morgan fingerprint density at radius 1 is 1.62 bits per heavy atom. The molecule has 0 spiro atoms. The maximum Gasteiger partial charge on any atom is 0.102 e. The molecule has 0 aliphatic heterocycles. The van der Waals surface area contributed by atoms with E-state index in [9.17, 15) is 0 Å². The topological polar surface area (TPSA) is 12.4 Å². The third-order valence-corrected chi connectivity index (χ3v) is 1.93. The standard InChI is InChI=1S/C6H10BrN/c1-4-5(2)6(7)8-3/h4H,1-3H3. The SMILES string of the molecule is CC=C(C)C(Br)=NC. The summed E-state index contributed by atoms with van der Waals surface area (Å²) in [6, 6.07) is 0. The molecule has 0 bridgehead atoms. The van der Waals surface area contributed by atoms with Crippen LogP contribution in [-0.4, -0.2) is 11.7 Å². The summed E-state index contributed by atoms with van der Waals surface area (Å²) in [6.07, 6.45) is 2.01. The normalized spacial score (nSPS) is 14.5. The summed E-state index contributed by atoms with van der Waals surface area (Å²) < 4.78 is 0.931. The van der Waals surface area contributed by atoms with Crippen LogP contribution in [0.4, 0.5) is 0 Å². The number of nitrogens with zero attached hydrogens (tertiary/aromatic N) is 1. The van der Waals surface area contributed by atoms with Crippen molar-refractivity contribution in [3.05, 3.63) is 11.6 Å². The molecule has 0 aromatic carbocycles. The Labute approximate surface area is 58.6 Å². The molecule has 46 valence electrons. The van der Waals surface area contributed by atoms with Crippen LogP contribution in [0, 0.1) is 0 Å². The second kappa shape index (κ2) is 3.84. The number of halogens is 1. The van der Waals surface area contributed by atoms with Gasteiger partial charge in [0.1, 0.15) is 4.62 Å². The Morgan fingerprint density at radius 2 is 2.12 bits per heavy atom. The van der Waals surface area contributed by atoms with Gasteiger partial charge in [-0.05, 0) is 35.4 Å². The minimum Gasteiger partial charge on any atom is -0.281 e. The van der Waals surface area contributed by atoms with Crippen molar-refractivity contribution in [2.75, 3.05) is 7.05 Å². The van der Waals surface area contributed by atoms with Crippen LogP contribution in [0.2, 0.25) is 0 Å². The highest BCUT2D eigenvalue weighted by molar-refractivity contribution is 9.18. The predicted molar refractivity (Wildman–Crippen MR) is 41.7 cm³/mol. The van der Waals surface area contributed by atoms with E-state index in [1.807, 2.05) is 19.9 Å². The molecule has 1 nitrogen and oxygen atoms in total. The summed E-state index contributed by atoms with van der Waals surface area (Å²) in [6.45, 7) is 4.00. The van der Waals surface area contributed by atoms with Gasteiger partial charge in [0.15, 0.2) is 0 Å². The smallest absolute Gasteiger partial charge is 0.102 e. The summed E-state index contributed by atoms with van der Waals surface area (Å²) in [5.74, 6) is 0. The zero-order chi connectivity index (χ0) is 6.57. The maximum absolute atomic E-state index is 3.92. The molecule has 0 aliphatic rings. The van der Waals surface area contributed by atoms with Crippen LogP contribution in [0.5, 0.6) is 0 Å². The lowest BCUT2D eigenvalue weighted by Gasteiger charge is -1.91. The van der Waals surface area contributed by atoms with Crippen LogP contribution in [-0.2, 0) is 0 Å². The van der Waals surface area contributed by atoms with Gasteiger partial charge in [-0.3, -0.25) is 4.99 Å². The molecular weight excluding hydrogens is 166 g/mol. The van der Waals surface area contributed by atoms with Crippen LogP contribution in [0.3, 0.4) is 0 Å². The van der Waals surface area contributed by atoms with E-state index in [0.717, 1.165) is 4.62 Å². The summed E-state index contributed by atoms with van der Waals surface area (Å²) in [7, 11) is 1.76. The Balaban J connectivity index is 4.04. The van der Waals surface area contributed by atoms with Crippen molar-refractivity contribution in [2.24, 2.45) is 4.99 Å². The van der Waals surface area contributed by atoms with E-state index in [4.69, 9.17) is 0 Å². The fourth-order valence-electron chi connectivity index (χ4n) is 0.295. The highest BCUT2D eigenvalue weighted by atomic mass is 79.9. The van der Waals surface area contributed by atoms with Gasteiger partial charge in [0.05, 0.1) is 0 Å². The van der Waals surface area contributed by atoms with Crippen LogP contribution in [0.1, 0.15) is 13.8 Å². The maximum atomic E-state index is 3.92. The molecule has 0 aliphatic carbocycles. The van der Waals surface area contributed by atoms with Crippen LogP contribution in [0.15, 0.2) is 16.6 Å². The molecule has 2 heteroatoms. The first-order valence-corrected chi connectivity index (χ1v) is 3.27. The van der Waals surface area contributed by atoms with E-state index in [1.54, 1.807) is 7.05 Å². The van der Waals surface area contributed by atoms with Crippen molar-refractivity contribution in [3.63, 3.8) is 0 Å². The largest absolute Gasteiger partial charge is 0.281 e. The minimum absolute atomic E-state index is 0.931. The van der Waals surface area contributed by atoms with Gasteiger partial charge < -0.3 is 0 Å². The van der Waals surface area contributed by atoms with Crippen molar-refractivity contribution in [1.82, 2.24) is 0 Å². The van der Waals surface area contributed by atoms with E-state index < -0.39 is 0 Å². The molecule has 0 saturated heterocycles. The molecule has 0 saturated carbocycles. The van der Waals surface area contributed by atoms with Gasteiger partial charge in [-0.25, -0.2) is 0 Å². The fourth-order valence-corrected chi connectivity index (χ4v) is 0.524. The van der Waals surface area contributed by atoms with Gasteiger partial charge in [0.2, 0.25) is 0 Å². The Bertz CT molecular complexity index is 108. The summed E-state index contributed by atoms with van der Waals surface area (Å²) >= 11 is 3.28. The zero-order valence-electron chi connectivity index (χ0n) is 5.40. The second-order valence-corrected chi connectivity index (χ2v) is 2.24. The van der Waals surface area contributed by atoms with Gasteiger partial charge >= 0.3 is 0 Å². The van der Waals surface area contributed by atoms with Crippen LogP contribution < -0.4 is 0 Å². The number of hydrogen-bond acceptors (Lipinski definition) is 1. The number of hydrogen-bond donors (Lipinski definition) is 0. The lowest BCUT2D eigenvalue weighted by atomic mass is 10.3. The Hall–Kier alpha value is -0.110. The zero-order valence-corrected chi connectivity index (χ0v) is 6.99. The van der Waals surface area contributed by atoms with Crippen molar-refractivity contribution in [3.8, 4) is 0 Å². The quantitative estimate of drug-likeness (QED) is 0.544. The Kier molecular flexibility index (Phi) is 3.79. The first kappa shape index (κ1) is 7.89. The average Bonchev–Trinajstić information content (AvgIpc) is 1.84. The summed E-state index contributed by atoms with van der Waals surface area (Å²) in [5.41, 5.74) is 1.17. The molecule has 0 atom stereocenters. The molecule has 0 fully saturated rings. The van der Waals surface area contributed by atoms with Crippen molar-refractivity contribution in [1.29, 1.82) is 0 Å². The van der Waals surface area contributed by atoms with E-state index in [-0.39, 0.29) is 0 Å². The molecule has 8 heavy (non-hydrogen) atoms. The molecule has 0 unspecified atom stereocenters. The molecule has 0 rings (SSSR count). The van der Waals surface area contributed by atoms with E-state index >= 15 is 0 Å². The third-order valence-electron chi connectivity index (χ3n) is 0.955. The van der Waals surface area contributed by atoms with E-state index in [2.05, 4.69) is 20.9 Å². The molecular formula is C6H10BrN.